The number of rotatable bonds is 10. The Morgan fingerprint density at radius 2 is 1.62 bits per heavy atom. The van der Waals surface area contributed by atoms with Crippen LogP contribution in [-0.2, 0) is 17.8 Å². The van der Waals surface area contributed by atoms with E-state index in [0.717, 1.165) is 34.1 Å². The van der Waals surface area contributed by atoms with Gasteiger partial charge in [-0.1, -0.05) is 83.9 Å². The number of aromatic nitrogens is 2. The van der Waals surface area contributed by atoms with Crippen LogP contribution in [0.2, 0.25) is 0 Å². The first-order chi connectivity index (χ1) is 19.3. The van der Waals surface area contributed by atoms with Crippen molar-refractivity contribution in [3.05, 3.63) is 107 Å². The van der Waals surface area contributed by atoms with Gasteiger partial charge < -0.3 is 14.6 Å². The maximum absolute atomic E-state index is 14.0. The van der Waals surface area contributed by atoms with Crippen molar-refractivity contribution in [1.29, 1.82) is 5.41 Å². The first-order valence-corrected chi connectivity index (χ1v) is 14.4. The summed E-state index contributed by atoms with van der Waals surface area (Å²) in [6.07, 6.45) is 5.48. The Kier molecular flexibility index (Phi) is 8.29. The monoisotopic (exact) mass is 556 g/mol. The zero-order valence-corrected chi connectivity index (χ0v) is 23.9. The highest BCUT2D eigenvalue weighted by molar-refractivity contribution is 6.18. The third-order valence-electron chi connectivity index (χ3n) is 7.95. The SMILES string of the molecule is Cc1ccc(/C=C/CCn2c(=N)n([C@@H](Cc3ccc(C)cc3)C(=O)N3CC(CO)(CCl)C3)c3ccccc32)cc1. The van der Waals surface area contributed by atoms with Gasteiger partial charge in [0.1, 0.15) is 6.04 Å². The maximum Gasteiger partial charge on any atom is 0.246 e. The zero-order valence-electron chi connectivity index (χ0n) is 23.2. The lowest BCUT2D eigenvalue weighted by Crippen LogP contribution is -2.62. The highest BCUT2D eigenvalue weighted by Crippen LogP contribution is 2.34. The summed E-state index contributed by atoms with van der Waals surface area (Å²) in [4.78, 5) is 15.8. The lowest BCUT2D eigenvalue weighted by Gasteiger charge is -2.49. The molecule has 0 saturated carbocycles. The Morgan fingerprint density at radius 3 is 2.25 bits per heavy atom. The van der Waals surface area contributed by atoms with E-state index < -0.39 is 11.5 Å². The summed E-state index contributed by atoms with van der Waals surface area (Å²) in [5.74, 6) is 0.262. The van der Waals surface area contributed by atoms with E-state index in [9.17, 15) is 15.3 Å². The second-order valence-corrected chi connectivity index (χ2v) is 11.4. The third kappa shape index (κ3) is 5.65. The van der Waals surface area contributed by atoms with E-state index in [2.05, 4.69) is 67.6 Å². The van der Waals surface area contributed by atoms with Gasteiger partial charge in [0.25, 0.3) is 0 Å². The van der Waals surface area contributed by atoms with Gasteiger partial charge in [0, 0.05) is 37.4 Å². The van der Waals surface area contributed by atoms with E-state index >= 15 is 0 Å². The predicted molar refractivity (Wildman–Crippen MR) is 161 cm³/mol. The molecule has 5 rings (SSSR count). The normalized spacial score (nSPS) is 15.4. The number of hydrogen-bond donors (Lipinski definition) is 2. The number of allylic oxidation sites excluding steroid dienone is 1. The summed E-state index contributed by atoms with van der Waals surface area (Å²) >= 11 is 6.14. The lowest BCUT2D eigenvalue weighted by molar-refractivity contribution is -0.148. The minimum absolute atomic E-state index is 0.0459. The number of aryl methyl sites for hydroxylation is 3. The largest absolute Gasteiger partial charge is 0.396 e. The molecule has 0 radical (unpaired) electrons. The van der Waals surface area contributed by atoms with Gasteiger partial charge in [-0.2, -0.15) is 0 Å². The average molecular weight is 557 g/mol. The number of halogens is 1. The van der Waals surface area contributed by atoms with Crippen molar-refractivity contribution in [2.45, 2.75) is 39.3 Å². The molecule has 3 aromatic carbocycles. The second-order valence-electron chi connectivity index (χ2n) is 11.1. The first kappa shape index (κ1) is 27.9. The number of benzene rings is 3. The van der Waals surface area contributed by atoms with Crippen LogP contribution in [0.3, 0.4) is 0 Å². The van der Waals surface area contributed by atoms with Gasteiger partial charge in [-0.25, -0.2) is 0 Å². The number of likely N-dealkylation sites (tertiary alicyclic amines) is 1. The van der Waals surface area contributed by atoms with Gasteiger partial charge in [-0.15, -0.1) is 11.6 Å². The molecular formula is C33H37ClN4O2. The summed E-state index contributed by atoms with van der Waals surface area (Å²) in [6, 6.07) is 24.0. The number of amides is 1. The number of nitrogens with one attached hydrogen (secondary N) is 1. The predicted octanol–water partition coefficient (Wildman–Crippen LogP) is 5.49. The number of aliphatic hydroxyl groups excluding tert-OH is 1. The Morgan fingerprint density at radius 1 is 1.00 bits per heavy atom. The van der Waals surface area contributed by atoms with Gasteiger partial charge >= 0.3 is 0 Å². The summed E-state index contributed by atoms with van der Waals surface area (Å²) in [5, 5.41) is 19.1. The van der Waals surface area contributed by atoms with Crippen LogP contribution in [0.5, 0.6) is 0 Å². The molecule has 0 bridgehead atoms. The van der Waals surface area contributed by atoms with Crippen molar-refractivity contribution in [2.24, 2.45) is 5.41 Å². The zero-order chi connectivity index (χ0) is 28.3. The Balaban J connectivity index is 1.48. The molecule has 1 aliphatic heterocycles. The minimum atomic E-state index is -0.587. The number of aliphatic hydroxyl groups is 1. The summed E-state index contributed by atoms with van der Waals surface area (Å²) < 4.78 is 3.89. The second kappa shape index (κ2) is 11.9. The molecule has 2 N–H and O–H groups in total. The molecule has 6 nitrogen and oxygen atoms in total. The molecule has 4 aromatic rings. The smallest absolute Gasteiger partial charge is 0.246 e. The van der Waals surface area contributed by atoms with Gasteiger partial charge in [-0.05, 0) is 43.5 Å². The van der Waals surface area contributed by atoms with Crippen molar-refractivity contribution in [1.82, 2.24) is 14.0 Å². The molecule has 2 heterocycles. The van der Waals surface area contributed by atoms with Crippen molar-refractivity contribution in [3.63, 3.8) is 0 Å². The van der Waals surface area contributed by atoms with Gasteiger partial charge in [0.2, 0.25) is 11.5 Å². The molecule has 208 valence electrons. The average Bonchev–Trinajstić information content (AvgIpc) is 3.22. The van der Waals surface area contributed by atoms with Crippen LogP contribution in [0.15, 0.2) is 78.9 Å². The van der Waals surface area contributed by atoms with Crippen LogP contribution in [0.1, 0.15) is 34.7 Å². The Labute approximate surface area is 240 Å². The van der Waals surface area contributed by atoms with E-state index in [1.807, 2.05) is 40.3 Å². The van der Waals surface area contributed by atoms with Crippen LogP contribution in [0, 0.1) is 24.7 Å². The fraction of sp³-hybridized carbons (Fsp3) is 0.333. The number of alkyl halides is 1. The molecule has 1 amide bonds. The Hall–Kier alpha value is -3.61. The Bertz CT molecular complexity index is 1560. The van der Waals surface area contributed by atoms with E-state index in [0.29, 0.717) is 37.6 Å². The van der Waals surface area contributed by atoms with Gasteiger partial charge in [0.05, 0.1) is 17.6 Å². The fourth-order valence-electron chi connectivity index (χ4n) is 5.49. The molecule has 0 aliphatic carbocycles. The molecule has 0 unspecified atom stereocenters. The third-order valence-corrected chi connectivity index (χ3v) is 8.52. The van der Waals surface area contributed by atoms with Gasteiger partial charge in [0.15, 0.2) is 0 Å². The molecule has 1 atom stereocenters. The first-order valence-electron chi connectivity index (χ1n) is 13.8. The number of hydrogen-bond acceptors (Lipinski definition) is 3. The fourth-order valence-corrected chi connectivity index (χ4v) is 5.74. The minimum Gasteiger partial charge on any atom is -0.396 e. The van der Waals surface area contributed by atoms with Crippen molar-refractivity contribution >= 4 is 34.6 Å². The molecular weight excluding hydrogens is 520 g/mol. The number of carbonyl (C=O) groups excluding carboxylic acids is 1. The lowest BCUT2D eigenvalue weighted by atomic mass is 9.82. The van der Waals surface area contributed by atoms with Crippen LogP contribution in [-0.4, -0.2) is 50.6 Å². The van der Waals surface area contributed by atoms with Crippen LogP contribution >= 0.6 is 11.6 Å². The summed E-state index contributed by atoms with van der Waals surface area (Å²) in [6.45, 7) is 5.55. The number of carbonyl (C=O) groups is 1. The van der Waals surface area contributed by atoms with Crippen molar-refractivity contribution in [2.75, 3.05) is 25.6 Å². The molecule has 1 aliphatic rings. The van der Waals surface area contributed by atoms with E-state index in [-0.39, 0.29) is 12.5 Å². The number of imidazole rings is 1. The highest BCUT2D eigenvalue weighted by atomic mass is 35.5. The molecule has 1 saturated heterocycles. The molecule has 1 fully saturated rings. The maximum atomic E-state index is 14.0. The van der Waals surface area contributed by atoms with E-state index in [4.69, 9.17) is 11.6 Å². The number of fused-ring (bicyclic) bond motifs is 1. The number of nitrogens with zero attached hydrogens (tertiary/aromatic N) is 3. The molecule has 1 aromatic heterocycles. The molecule has 40 heavy (non-hydrogen) atoms. The van der Waals surface area contributed by atoms with Crippen molar-refractivity contribution in [3.8, 4) is 0 Å². The van der Waals surface area contributed by atoms with Crippen LogP contribution < -0.4 is 5.62 Å². The summed E-state index contributed by atoms with van der Waals surface area (Å²) in [7, 11) is 0. The number of para-hydroxylation sites is 2. The quantitative estimate of drug-likeness (QED) is 0.254. The van der Waals surface area contributed by atoms with Crippen LogP contribution in [0.4, 0.5) is 0 Å². The van der Waals surface area contributed by atoms with Crippen molar-refractivity contribution < 1.29 is 9.90 Å². The molecule has 0 spiro atoms. The summed E-state index contributed by atoms with van der Waals surface area (Å²) in [5.41, 5.74) is 6.25. The van der Waals surface area contributed by atoms with Gasteiger partial charge in [-0.3, -0.25) is 14.8 Å². The molecule has 7 heteroatoms. The highest BCUT2D eigenvalue weighted by Gasteiger charge is 2.46. The van der Waals surface area contributed by atoms with Crippen LogP contribution in [0.25, 0.3) is 17.1 Å². The topological polar surface area (TPSA) is 74.2 Å². The van der Waals surface area contributed by atoms with E-state index in [1.165, 1.54) is 5.56 Å². The van der Waals surface area contributed by atoms with E-state index in [1.54, 1.807) is 4.90 Å². The standard InChI is InChI=1S/C33H37ClN4O2/c1-24-10-14-26(15-11-24)7-5-6-18-37-28-8-3-4-9-29(28)38(32(37)35)30(19-27-16-12-25(2)13-17-27)31(40)36-21-33(20-34,22-36)23-39/h3-5,7-17,30,35,39H,6,18-23H2,1-2H3/b7-5+,35-32?/t30-/m0/s1.